The van der Waals surface area contributed by atoms with E-state index in [1.54, 1.807) is 26.0 Å². The number of nitrogens with zero attached hydrogens (tertiary/aromatic N) is 3. The molecular formula is C20H26N4O7S. The minimum absolute atomic E-state index is 0.0317. The van der Waals surface area contributed by atoms with Gasteiger partial charge in [0.25, 0.3) is 5.69 Å². The normalized spacial score (nSPS) is 11.6. The third kappa shape index (κ3) is 5.08. The predicted molar refractivity (Wildman–Crippen MR) is 121 cm³/mol. The summed E-state index contributed by atoms with van der Waals surface area (Å²) in [6.07, 6.45) is 1.39. The number of anilines is 1. The zero-order chi connectivity index (χ0) is 23.9. The number of sulfonamides is 1. The number of nitrogens with one attached hydrogen (secondary N) is 1. The fourth-order valence-corrected chi connectivity index (χ4v) is 4.51. The summed E-state index contributed by atoms with van der Waals surface area (Å²) in [4.78, 5) is 10.7. The van der Waals surface area contributed by atoms with Crippen LogP contribution in [0.3, 0.4) is 0 Å². The summed E-state index contributed by atoms with van der Waals surface area (Å²) >= 11 is 0. The van der Waals surface area contributed by atoms with Crippen molar-refractivity contribution >= 4 is 27.6 Å². The Bertz CT molecular complexity index is 1100. The molecule has 0 spiro atoms. The van der Waals surface area contributed by atoms with Crippen LogP contribution in [0.4, 0.5) is 11.4 Å². The Kier molecular flexibility index (Phi) is 8.38. The fraction of sp³-hybridized carbons (Fsp3) is 0.350. The number of hydrogen-bond donors (Lipinski definition) is 1. The molecule has 0 heterocycles. The number of benzene rings is 2. The van der Waals surface area contributed by atoms with Crippen molar-refractivity contribution in [1.29, 1.82) is 0 Å². The van der Waals surface area contributed by atoms with E-state index in [2.05, 4.69) is 10.5 Å². The molecule has 0 aromatic heterocycles. The first kappa shape index (κ1) is 24.9. The molecule has 2 aromatic carbocycles. The van der Waals surface area contributed by atoms with Crippen molar-refractivity contribution in [2.75, 3.05) is 39.8 Å². The Labute approximate surface area is 186 Å². The van der Waals surface area contributed by atoms with Crippen LogP contribution in [0.15, 0.2) is 40.3 Å². The van der Waals surface area contributed by atoms with Crippen molar-refractivity contribution in [2.24, 2.45) is 5.10 Å². The SMILES string of the molecule is CCN(CC)S(=O)(=O)c1ccc(N/N=C\c2ccc(OC)c(OC)c2OC)c([N+](=O)[O-])c1. The van der Waals surface area contributed by atoms with Crippen LogP contribution in [0.1, 0.15) is 19.4 Å². The van der Waals surface area contributed by atoms with Crippen LogP contribution in [0.25, 0.3) is 0 Å². The summed E-state index contributed by atoms with van der Waals surface area (Å²) in [5.74, 6) is 1.21. The van der Waals surface area contributed by atoms with Gasteiger partial charge in [-0.15, -0.1) is 0 Å². The standard InChI is InChI=1S/C20H26N4O7S/c1-6-23(7-2)32(27,28)15-9-10-16(17(12-15)24(25)26)22-21-13-14-8-11-18(29-3)20(31-5)19(14)30-4/h8-13,22H,6-7H2,1-5H3/b21-13-. The van der Waals surface area contributed by atoms with E-state index in [0.29, 0.717) is 22.8 Å². The lowest BCUT2D eigenvalue weighted by Crippen LogP contribution is -2.30. The van der Waals surface area contributed by atoms with Gasteiger partial charge < -0.3 is 14.2 Å². The van der Waals surface area contributed by atoms with Crippen LogP contribution in [0, 0.1) is 10.1 Å². The molecule has 0 aliphatic heterocycles. The number of nitro benzene ring substituents is 1. The topological polar surface area (TPSA) is 133 Å². The summed E-state index contributed by atoms with van der Waals surface area (Å²) in [7, 11) is 0.585. The minimum atomic E-state index is -3.84. The maximum Gasteiger partial charge on any atom is 0.295 e. The van der Waals surface area contributed by atoms with E-state index in [4.69, 9.17) is 14.2 Å². The van der Waals surface area contributed by atoms with Gasteiger partial charge in [0.2, 0.25) is 15.8 Å². The molecule has 2 aromatic rings. The molecule has 2 rings (SSSR count). The zero-order valence-electron chi connectivity index (χ0n) is 18.5. The number of hydrazone groups is 1. The minimum Gasteiger partial charge on any atom is -0.493 e. The van der Waals surface area contributed by atoms with E-state index < -0.39 is 20.6 Å². The Hall–Kier alpha value is -3.38. The van der Waals surface area contributed by atoms with Gasteiger partial charge in [-0.05, 0) is 24.3 Å². The Morgan fingerprint density at radius 3 is 2.25 bits per heavy atom. The van der Waals surface area contributed by atoms with Gasteiger partial charge in [-0.25, -0.2) is 8.42 Å². The third-order valence-corrected chi connectivity index (χ3v) is 6.68. The quantitative estimate of drug-likeness (QED) is 0.303. The fourth-order valence-electron chi connectivity index (χ4n) is 3.03. The second kappa shape index (κ2) is 10.8. The monoisotopic (exact) mass is 466 g/mol. The lowest BCUT2D eigenvalue weighted by atomic mass is 10.2. The van der Waals surface area contributed by atoms with Gasteiger partial charge in [-0.1, -0.05) is 13.8 Å². The molecular weight excluding hydrogens is 440 g/mol. The number of hydrogen-bond acceptors (Lipinski definition) is 9. The summed E-state index contributed by atoms with van der Waals surface area (Å²) in [6.45, 7) is 3.90. The van der Waals surface area contributed by atoms with Gasteiger partial charge in [0.05, 0.1) is 37.4 Å². The molecule has 174 valence electrons. The first-order valence-corrected chi connectivity index (χ1v) is 11.1. The third-order valence-electron chi connectivity index (χ3n) is 4.63. The molecule has 0 saturated carbocycles. The summed E-state index contributed by atoms with van der Waals surface area (Å²) < 4.78 is 42.5. The van der Waals surface area contributed by atoms with E-state index >= 15 is 0 Å². The van der Waals surface area contributed by atoms with Crippen molar-refractivity contribution in [3.05, 3.63) is 46.0 Å². The van der Waals surface area contributed by atoms with Gasteiger partial charge in [0, 0.05) is 24.7 Å². The molecule has 0 aliphatic carbocycles. The van der Waals surface area contributed by atoms with E-state index in [9.17, 15) is 18.5 Å². The highest BCUT2D eigenvalue weighted by Crippen LogP contribution is 2.39. The first-order valence-electron chi connectivity index (χ1n) is 9.61. The Morgan fingerprint density at radius 2 is 1.72 bits per heavy atom. The summed E-state index contributed by atoms with van der Waals surface area (Å²) in [6, 6.07) is 6.97. The Morgan fingerprint density at radius 1 is 1.06 bits per heavy atom. The average Bonchev–Trinajstić information content (AvgIpc) is 2.78. The number of rotatable bonds is 11. The molecule has 0 bridgehead atoms. The van der Waals surface area contributed by atoms with Crippen LogP contribution < -0.4 is 19.6 Å². The molecule has 0 radical (unpaired) electrons. The van der Waals surface area contributed by atoms with Gasteiger partial charge >= 0.3 is 0 Å². The largest absolute Gasteiger partial charge is 0.493 e. The molecule has 0 amide bonds. The summed E-state index contributed by atoms with van der Waals surface area (Å²) in [5.41, 5.74) is 2.73. The molecule has 0 fully saturated rings. The number of methoxy groups -OCH3 is 3. The maximum atomic E-state index is 12.7. The predicted octanol–water partition coefficient (Wildman–Crippen LogP) is 3.10. The molecule has 0 atom stereocenters. The van der Waals surface area contributed by atoms with Crippen molar-refractivity contribution in [1.82, 2.24) is 4.31 Å². The highest BCUT2D eigenvalue weighted by molar-refractivity contribution is 7.89. The Balaban J connectivity index is 2.39. The molecule has 0 aliphatic rings. The van der Waals surface area contributed by atoms with Gasteiger partial charge in [0.1, 0.15) is 5.69 Å². The summed E-state index contributed by atoms with van der Waals surface area (Å²) in [5, 5.41) is 15.6. The van der Waals surface area contributed by atoms with Gasteiger partial charge in [-0.3, -0.25) is 15.5 Å². The van der Waals surface area contributed by atoms with Crippen LogP contribution in [0.2, 0.25) is 0 Å². The number of ether oxygens (including phenoxy) is 3. The maximum absolute atomic E-state index is 12.7. The van der Waals surface area contributed by atoms with Crippen molar-refractivity contribution in [3.8, 4) is 17.2 Å². The molecule has 11 nitrogen and oxygen atoms in total. The van der Waals surface area contributed by atoms with E-state index in [-0.39, 0.29) is 23.7 Å². The van der Waals surface area contributed by atoms with Crippen LogP contribution >= 0.6 is 0 Å². The lowest BCUT2D eigenvalue weighted by Gasteiger charge is -2.18. The van der Waals surface area contributed by atoms with Crippen LogP contribution in [-0.4, -0.2) is 58.3 Å². The second-order valence-electron chi connectivity index (χ2n) is 6.32. The van der Waals surface area contributed by atoms with E-state index in [1.165, 1.54) is 44.0 Å². The van der Waals surface area contributed by atoms with Gasteiger partial charge in [-0.2, -0.15) is 9.41 Å². The molecule has 1 N–H and O–H groups in total. The average molecular weight is 467 g/mol. The van der Waals surface area contributed by atoms with Crippen LogP contribution in [0.5, 0.6) is 17.2 Å². The number of nitro groups is 1. The molecule has 32 heavy (non-hydrogen) atoms. The smallest absolute Gasteiger partial charge is 0.295 e. The van der Waals surface area contributed by atoms with Gasteiger partial charge in [0.15, 0.2) is 11.5 Å². The van der Waals surface area contributed by atoms with Crippen LogP contribution in [-0.2, 0) is 10.0 Å². The first-order chi connectivity index (χ1) is 15.2. The highest BCUT2D eigenvalue weighted by atomic mass is 32.2. The lowest BCUT2D eigenvalue weighted by molar-refractivity contribution is -0.384. The van der Waals surface area contributed by atoms with Crippen molar-refractivity contribution in [2.45, 2.75) is 18.7 Å². The molecule has 12 heteroatoms. The second-order valence-corrected chi connectivity index (χ2v) is 8.26. The zero-order valence-corrected chi connectivity index (χ0v) is 19.3. The van der Waals surface area contributed by atoms with E-state index in [0.717, 1.165) is 6.07 Å². The van der Waals surface area contributed by atoms with Crippen molar-refractivity contribution < 1.29 is 27.6 Å². The highest BCUT2D eigenvalue weighted by Gasteiger charge is 2.25. The van der Waals surface area contributed by atoms with E-state index in [1.807, 2.05) is 0 Å². The molecule has 0 unspecified atom stereocenters. The molecule has 0 saturated heterocycles. The van der Waals surface area contributed by atoms with Crippen molar-refractivity contribution in [3.63, 3.8) is 0 Å².